The highest BCUT2D eigenvalue weighted by molar-refractivity contribution is 7.92. The van der Waals surface area contributed by atoms with Crippen molar-refractivity contribution >= 4 is 9.84 Å². The molecule has 1 saturated carbocycles. The van der Waals surface area contributed by atoms with Gasteiger partial charge in [0.05, 0.1) is 11.0 Å². The normalized spacial score (nSPS) is 19.2. The summed E-state index contributed by atoms with van der Waals surface area (Å²) in [7, 11) is -3.00. The Hall–Kier alpha value is -0.130. The lowest BCUT2D eigenvalue weighted by molar-refractivity contribution is -0.0407. The topological polar surface area (TPSA) is 74.6 Å². The van der Waals surface area contributed by atoms with Crippen molar-refractivity contribution in [1.29, 1.82) is 0 Å². The van der Waals surface area contributed by atoms with Gasteiger partial charge in [-0.25, -0.2) is 8.42 Å². The zero-order valence-electron chi connectivity index (χ0n) is 6.10. The third-order valence-corrected chi connectivity index (χ3v) is 3.98. The molecular weight excluding hydrogens is 168 g/mol. The summed E-state index contributed by atoms with van der Waals surface area (Å²) in [5.74, 6) is -0.102. The van der Waals surface area contributed by atoms with E-state index >= 15 is 0 Å². The zero-order chi connectivity index (χ0) is 8.48. The summed E-state index contributed by atoms with van der Waals surface area (Å²) in [4.78, 5) is 0. The molecule has 66 valence electrons. The second kappa shape index (κ2) is 3.08. The molecule has 1 aliphatic carbocycles. The molecule has 5 heteroatoms. The van der Waals surface area contributed by atoms with Gasteiger partial charge in [-0.15, -0.1) is 0 Å². The highest BCUT2D eigenvalue weighted by Gasteiger charge is 2.35. The molecule has 11 heavy (non-hydrogen) atoms. The molecule has 0 bridgehead atoms. The lowest BCUT2D eigenvalue weighted by Crippen LogP contribution is -2.17. The van der Waals surface area contributed by atoms with Gasteiger partial charge < -0.3 is 10.2 Å². The Morgan fingerprint density at radius 2 is 1.91 bits per heavy atom. The maximum Gasteiger partial charge on any atom is 0.153 e. The summed E-state index contributed by atoms with van der Waals surface area (Å²) >= 11 is 0. The summed E-state index contributed by atoms with van der Waals surface area (Å²) in [6.45, 7) is 0. The number of hydrogen-bond donors (Lipinski definition) is 2. The molecule has 0 aromatic rings. The lowest BCUT2D eigenvalue weighted by atomic mass is 10.5. The Labute approximate surface area is 65.8 Å². The molecule has 4 nitrogen and oxygen atoms in total. The van der Waals surface area contributed by atoms with E-state index in [9.17, 15) is 8.42 Å². The number of sulfone groups is 1. The van der Waals surface area contributed by atoms with Gasteiger partial charge >= 0.3 is 0 Å². The van der Waals surface area contributed by atoms with Crippen molar-refractivity contribution in [3.8, 4) is 0 Å². The molecule has 1 aliphatic rings. The Balaban J connectivity index is 2.35. The first kappa shape index (κ1) is 8.96. The van der Waals surface area contributed by atoms with Gasteiger partial charge in [-0.2, -0.15) is 0 Å². The van der Waals surface area contributed by atoms with E-state index in [4.69, 9.17) is 10.2 Å². The molecule has 0 atom stereocenters. The summed E-state index contributed by atoms with van der Waals surface area (Å²) in [5.41, 5.74) is 0. The third-order valence-electron chi connectivity index (χ3n) is 1.69. The van der Waals surface area contributed by atoms with Gasteiger partial charge in [-0.05, 0) is 12.8 Å². The van der Waals surface area contributed by atoms with Crippen LogP contribution in [0.3, 0.4) is 0 Å². The maximum atomic E-state index is 11.1. The Kier molecular flexibility index (Phi) is 2.51. The van der Waals surface area contributed by atoms with Crippen molar-refractivity contribution in [3.05, 3.63) is 0 Å². The molecule has 0 aliphatic heterocycles. The van der Waals surface area contributed by atoms with Gasteiger partial charge in [0.2, 0.25) is 0 Å². The minimum atomic E-state index is -3.00. The predicted octanol–water partition coefficient (Wildman–Crippen LogP) is -0.736. The fourth-order valence-electron chi connectivity index (χ4n) is 0.864. The van der Waals surface area contributed by atoms with Gasteiger partial charge in [-0.3, -0.25) is 0 Å². The molecular formula is C6H12O4S. The molecule has 1 rings (SSSR count). The molecule has 0 spiro atoms. The van der Waals surface area contributed by atoms with Gasteiger partial charge in [0, 0.05) is 6.42 Å². The minimum absolute atomic E-state index is 0.0706. The van der Waals surface area contributed by atoms with Crippen molar-refractivity contribution in [3.63, 3.8) is 0 Å². The average molecular weight is 180 g/mol. The number of aliphatic hydroxyl groups excluding tert-OH is 1. The van der Waals surface area contributed by atoms with E-state index in [0.29, 0.717) is 0 Å². The first-order chi connectivity index (χ1) is 5.02. The number of rotatable bonds is 4. The van der Waals surface area contributed by atoms with Gasteiger partial charge in [0.1, 0.15) is 0 Å². The van der Waals surface area contributed by atoms with Crippen molar-refractivity contribution in [1.82, 2.24) is 0 Å². The van der Waals surface area contributed by atoms with E-state index in [0.717, 1.165) is 12.8 Å². The van der Waals surface area contributed by atoms with Crippen molar-refractivity contribution in [2.45, 2.75) is 30.8 Å². The van der Waals surface area contributed by atoms with Crippen LogP contribution in [0.4, 0.5) is 0 Å². The van der Waals surface area contributed by atoms with Gasteiger partial charge in [-0.1, -0.05) is 0 Å². The number of aliphatic hydroxyl groups is 2. The first-order valence-corrected chi connectivity index (χ1v) is 5.31. The molecule has 0 amide bonds. The van der Waals surface area contributed by atoms with E-state index in [1.165, 1.54) is 0 Å². The highest BCUT2D eigenvalue weighted by atomic mass is 32.2. The Morgan fingerprint density at radius 3 is 2.27 bits per heavy atom. The van der Waals surface area contributed by atoms with Crippen molar-refractivity contribution in [2.75, 3.05) is 5.75 Å². The van der Waals surface area contributed by atoms with Crippen LogP contribution >= 0.6 is 0 Å². The Morgan fingerprint density at radius 1 is 1.36 bits per heavy atom. The number of hydrogen-bond acceptors (Lipinski definition) is 4. The molecule has 0 saturated heterocycles. The van der Waals surface area contributed by atoms with Crippen molar-refractivity contribution in [2.24, 2.45) is 0 Å². The fraction of sp³-hybridized carbons (Fsp3) is 1.00. The largest absolute Gasteiger partial charge is 0.368 e. The standard InChI is InChI=1S/C6H12O4S/c7-6(8)3-4-11(9,10)5-1-2-5/h5-8H,1-4H2. The zero-order valence-corrected chi connectivity index (χ0v) is 6.92. The molecule has 0 unspecified atom stereocenters. The highest BCUT2D eigenvalue weighted by Crippen LogP contribution is 2.29. The van der Waals surface area contributed by atoms with Crippen LogP contribution in [0.25, 0.3) is 0 Å². The quantitative estimate of drug-likeness (QED) is 0.559. The van der Waals surface area contributed by atoms with Crippen LogP contribution in [-0.4, -0.2) is 35.9 Å². The van der Waals surface area contributed by atoms with E-state index in [-0.39, 0.29) is 17.4 Å². The second-order valence-corrected chi connectivity index (χ2v) is 5.24. The maximum absolute atomic E-state index is 11.1. The average Bonchev–Trinajstić information content (AvgIpc) is 2.64. The van der Waals surface area contributed by atoms with E-state index in [1.54, 1.807) is 0 Å². The van der Waals surface area contributed by atoms with Crippen LogP contribution in [0.2, 0.25) is 0 Å². The van der Waals surface area contributed by atoms with Crippen LogP contribution in [0, 0.1) is 0 Å². The third kappa shape index (κ3) is 2.76. The van der Waals surface area contributed by atoms with Crippen LogP contribution in [-0.2, 0) is 9.84 Å². The van der Waals surface area contributed by atoms with Gasteiger partial charge in [0.25, 0.3) is 0 Å². The molecule has 0 heterocycles. The van der Waals surface area contributed by atoms with E-state index < -0.39 is 16.1 Å². The SMILES string of the molecule is O=S(=O)(CCC(O)O)C1CC1. The van der Waals surface area contributed by atoms with Gasteiger partial charge in [0.15, 0.2) is 16.1 Å². The Bertz CT molecular complexity index is 215. The molecule has 1 fully saturated rings. The van der Waals surface area contributed by atoms with Crippen LogP contribution < -0.4 is 0 Å². The second-order valence-electron chi connectivity index (χ2n) is 2.84. The van der Waals surface area contributed by atoms with Crippen molar-refractivity contribution < 1.29 is 18.6 Å². The van der Waals surface area contributed by atoms with Crippen LogP contribution in [0.5, 0.6) is 0 Å². The fourth-order valence-corrected chi connectivity index (χ4v) is 2.59. The molecule has 0 aromatic carbocycles. The molecule has 0 radical (unpaired) electrons. The predicted molar refractivity (Wildman–Crippen MR) is 39.7 cm³/mol. The summed E-state index contributed by atoms with van der Waals surface area (Å²) in [6.07, 6.45) is -0.0875. The summed E-state index contributed by atoms with van der Waals surface area (Å²) in [5, 5.41) is 16.6. The van der Waals surface area contributed by atoms with Crippen LogP contribution in [0.15, 0.2) is 0 Å². The summed E-state index contributed by atoms with van der Waals surface area (Å²) in [6, 6.07) is 0. The van der Waals surface area contributed by atoms with E-state index in [1.807, 2.05) is 0 Å². The molecule has 2 N–H and O–H groups in total. The monoisotopic (exact) mass is 180 g/mol. The minimum Gasteiger partial charge on any atom is -0.368 e. The molecule has 0 aromatic heterocycles. The lowest BCUT2D eigenvalue weighted by Gasteiger charge is -2.02. The smallest absolute Gasteiger partial charge is 0.153 e. The van der Waals surface area contributed by atoms with E-state index in [2.05, 4.69) is 0 Å². The van der Waals surface area contributed by atoms with Crippen LogP contribution in [0.1, 0.15) is 19.3 Å². The first-order valence-electron chi connectivity index (χ1n) is 3.60. The summed E-state index contributed by atoms with van der Waals surface area (Å²) < 4.78 is 22.2.